The van der Waals surface area contributed by atoms with Crippen LogP contribution in [0.3, 0.4) is 0 Å². The number of fused-ring (bicyclic) bond motifs is 1. The number of nitrogens with one attached hydrogen (secondary N) is 1. The molecule has 2 aromatic heterocycles. The SMILES string of the molecule is COc1cccc(OCc2nnc(SCC(=O)Nc3sc4c(c3C#N)CC[C@@H](C(C)(C)C)C4)o2)c1. The van der Waals surface area contributed by atoms with Crippen LogP contribution in [-0.2, 0) is 24.2 Å². The Bertz CT molecular complexity index is 1240. The van der Waals surface area contributed by atoms with Crippen molar-refractivity contribution in [3.63, 3.8) is 0 Å². The van der Waals surface area contributed by atoms with Gasteiger partial charge in [0.25, 0.3) is 11.1 Å². The van der Waals surface area contributed by atoms with Gasteiger partial charge in [0, 0.05) is 10.9 Å². The Hall–Kier alpha value is -3.03. The first-order valence-corrected chi connectivity index (χ1v) is 13.1. The number of nitriles is 1. The normalized spacial score (nSPS) is 15.2. The highest BCUT2D eigenvalue weighted by Crippen LogP contribution is 2.44. The van der Waals surface area contributed by atoms with Crippen molar-refractivity contribution in [2.75, 3.05) is 18.2 Å². The molecular weight excluding hydrogens is 484 g/mol. The fourth-order valence-corrected chi connectivity index (χ4v) is 5.89. The number of thiophene rings is 1. The van der Waals surface area contributed by atoms with Crippen LogP contribution in [0.4, 0.5) is 5.00 Å². The van der Waals surface area contributed by atoms with Gasteiger partial charge in [-0.15, -0.1) is 21.5 Å². The van der Waals surface area contributed by atoms with E-state index in [9.17, 15) is 10.1 Å². The molecule has 0 bridgehead atoms. The summed E-state index contributed by atoms with van der Waals surface area (Å²) in [4.78, 5) is 13.8. The number of benzene rings is 1. The number of methoxy groups -OCH3 is 1. The third kappa shape index (κ3) is 6.16. The summed E-state index contributed by atoms with van der Waals surface area (Å²) in [7, 11) is 1.59. The molecule has 10 heteroatoms. The second-order valence-corrected chi connectivity index (χ2v) is 11.4. The molecule has 35 heavy (non-hydrogen) atoms. The van der Waals surface area contributed by atoms with E-state index in [1.165, 1.54) is 16.2 Å². The molecule has 4 rings (SSSR count). The van der Waals surface area contributed by atoms with Gasteiger partial charge >= 0.3 is 0 Å². The molecule has 2 heterocycles. The number of thioether (sulfide) groups is 1. The quantitative estimate of drug-likeness (QED) is 0.396. The maximum absolute atomic E-state index is 12.6. The summed E-state index contributed by atoms with van der Waals surface area (Å²) in [5.41, 5.74) is 1.92. The largest absolute Gasteiger partial charge is 0.497 e. The van der Waals surface area contributed by atoms with Crippen molar-refractivity contribution < 1.29 is 18.7 Å². The summed E-state index contributed by atoms with van der Waals surface area (Å²) in [5.74, 6) is 2.06. The molecule has 1 aliphatic rings. The molecular formula is C25H28N4O4S2. The van der Waals surface area contributed by atoms with Crippen molar-refractivity contribution in [3.8, 4) is 17.6 Å². The van der Waals surface area contributed by atoms with Crippen molar-refractivity contribution in [2.24, 2.45) is 11.3 Å². The van der Waals surface area contributed by atoms with Crippen molar-refractivity contribution in [1.29, 1.82) is 5.26 Å². The Balaban J connectivity index is 1.31. The van der Waals surface area contributed by atoms with Crippen LogP contribution >= 0.6 is 23.1 Å². The van der Waals surface area contributed by atoms with Crippen molar-refractivity contribution >= 4 is 34.0 Å². The van der Waals surface area contributed by atoms with Crippen molar-refractivity contribution in [1.82, 2.24) is 10.2 Å². The van der Waals surface area contributed by atoms with Gasteiger partial charge in [-0.05, 0) is 48.3 Å². The predicted octanol–water partition coefficient (Wildman–Crippen LogP) is 5.47. The van der Waals surface area contributed by atoms with Gasteiger partial charge in [-0.2, -0.15) is 5.26 Å². The van der Waals surface area contributed by atoms with Crippen LogP contribution in [0.15, 0.2) is 33.9 Å². The van der Waals surface area contributed by atoms with Crippen LogP contribution < -0.4 is 14.8 Å². The molecule has 0 aliphatic heterocycles. The van der Waals surface area contributed by atoms with Crippen LogP contribution in [0.2, 0.25) is 0 Å². The molecule has 1 N–H and O–H groups in total. The molecule has 0 fully saturated rings. The second kappa shape index (κ2) is 10.7. The number of rotatable bonds is 8. The van der Waals surface area contributed by atoms with Gasteiger partial charge in [0.15, 0.2) is 6.61 Å². The third-order valence-electron chi connectivity index (χ3n) is 6.03. The number of amides is 1. The van der Waals surface area contributed by atoms with Crippen LogP contribution in [0.5, 0.6) is 11.5 Å². The molecule has 8 nitrogen and oxygen atoms in total. The number of anilines is 1. The predicted molar refractivity (Wildman–Crippen MR) is 135 cm³/mol. The second-order valence-electron chi connectivity index (χ2n) is 9.39. The fraction of sp³-hybridized carbons (Fsp3) is 0.440. The summed E-state index contributed by atoms with van der Waals surface area (Å²) >= 11 is 2.67. The number of aromatic nitrogens is 2. The number of nitrogens with zero attached hydrogens (tertiary/aromatic N) is 3. The van der Waals surface area contributed by atoms with E-state index < -0.39 is 0 Å². The average molecular weight is 513 g/mol. The lowest BCUT2D eigenvalue weighted by Crippen LogP contribution is -2.26. The molecule has 0 radical (unpaired) electrons. The van der Waals surface area contributed by atoms with E-state index in [4.69, 9.17) is 13.9 Å². The first-order valence-electron chi connectivity index (χ1n) is 11.3. The van der Waals surface area contributed by atoms with E-state index in [1.807, 2.05) is 12.1 Å². The van der Waals surface area contributed by atoms with E-state index in [1.54, 1.807) is 19.2 Å². The maximum Gasteiger partial charge on any atom is 0.277 e. The third-order valence-corrected chi connectivity index (χ3v) is 8.02. The summed E-state index contributed by atoms with van der Waals surface area (Å²) in [6.07, 6.45) is 2.89. The van der Waals surface area contributed by atoms with Crippen LogP contribution in [0.25, 0.3) is 0 Å². The number of carbonyl (C=O) groups excluding carboxylic acids is 1. The molecule has 0 saturated heterocycles. The minimum Gasteiger partial charge on any atom is -0.497 e. The van der Waals surface area contributed by atoms with Gasteiger partial charge < -0.3 is 19.2 Å². The van der Waals surface area contributed by atoms with E-state index in [2.05, 4.69) is 42.4 Å². The summed E-state index contributed by atoms with van der Waals surface area (Å²) in [6, 6.07) is 9.52. The van der Waals surface area contributed by atoms with Crippen LogP contribution in [-0.4, -0.2) is 29.0 Å². The standard InChI is InChI=1S/C25H28N4O4S2/c1-25(2,3)15-8-9-18-19(12-26)23(35-20(18)10-15)27-21(30)14-34-24-29-28-22(33-24)13-32-17-7-5-6-16(11-17)31-4/h5-7,11,15H,8-10,13-14H2,1-4H3,(H,27,30)/t15-/m1/s1. The Kier molecular flexibility index (Phi) is 7.67. The van der Waals surface area contributed by atoms with E-state index in [-0.39, 0.29) is 28.9 Å². The van der Waals surface area contributed by atoms with Gasteiger partial charge in [-0.1, -0.05) is 38.6 Å². The lowest BCUT2D eigenvalue weighted by atomic mass is 9.72. The number of hydrogen-bond donors (Lipinski definition) is 1. The molecule has 1 atom stereocenters. The zero-order chi connectivity index (χ0) is 25.0. The Morgan fingerprint density at radius 3 is 2.89 bits per heavy atom. The van der Waals surface area contributed by atoms with Gasteiger partial charge in [0.05, 0.1) is 18.4 Å². The fourth-order valence-electron chi connectivity index (χ4n) is 4.01. The minimum atomic E-state index is -0.218. The molecule has 184 valence electrons. The van der Waals surface area contributed by atoms with Gasteiger partial charge in [-0.3, -0.25) is 4.79 Å². The van der Waals surface area contributed by atoms with Crippen LogP contribution in [0.1, 0.15) is 49.1 Å². The summed E-state index contributed by atoms with van der Waals surface area (Å²) < 4.78 is 16.4. The Labute approximate surface area is 213 Å². The van der Waals surface area contributed by atoms with Crippen LogP contribution in [0, 0.1) is 22.7 Å². The molecule has 1 aromatic carbocycles. The lowest BCUT2D eigenvalue weighted by Gasteiger charge is -2.33. The highest BCUT2D eigenvalue weighted by molar-refractivity contribution is 7.99. The van der Waals surface area contributed by atoms with E-state index >= 15 is 0 Å². The molecule has 0 unspecified atom stereocenters. The highest BCUT2D eigenvalue weighted by Gasteiger charge is 2.32. The number of ether oxygens (including phenoxy) is 2. The average Bonchev–Trinajstić information content (AvgIpc) is 3.44. The summed E-state index contributed by atoms with van der Waals surface area (Å²) in [6.45, 7) is 6.88. The van der Waals surface area contributed by atoms with Gasteiger partial charge in [0.2, 0.25) is 5.91 Å². The van der Waals surface area contributed by atoms with E-state index in [0.29, 0.717) is 33.9 Å². The zero-order valence-electron chi connectivity index (χ0n) is 20.2. The number of carbonyl (C=O) groups is 1. The lowest BCUT2D eigenvalue weighted by molar-refractivity contribution is -0.113. The number of hydrogen-bond acceptors (Lipinski definition) is 9. The summed E-state index contributed by atoms with van der Waals surface area (Å²) in [5, 5.41) is 21.5. The highest BCUT2D eigenvalue weighted by atomic mass is 32.2. The van der Waals surface area contributed by atoms with Crippen molar-refractivity contribution in [2.45, 2.75) is 51.9 Å². The minimum absolute atomic E-state index is 0.0937. The topological polar surface area (TPSA) is 110 Å². The molecule has 3 aromatic rings. The Morgan fingerprint density at radius 1 is 1.34 bits per heavy atom. The first-order chi connectivity index (χ1) is 16.8. The van der Waals surface area contributed by atoms with E-state index in [0.717, 1.165) is 36.6 Å². The molecule has 0 saturated carbocycles. The zero-order valence-corrected chi connectivity index (χ0v) is 21.8. The smallest absolute Gasteiger partial charge is 0.277 e. The van der Waals surface area contributed by atoms with Gasteiger partial charge in [0.1, 0.15) is 22.6 Å². The first kappa shape index (κ1) is 25.1. The monoisotopic (exact) mass is 512 g/mol. The molecule has 0 spiro atoms. The molecule has 1 aliphatic carbocycles. The Morgan fingerprint density at radius 2 is 2.14 bits per heavy atom. The molecule has 1 amide bonds. The van der Waals surface area contributed by atoms with Gasteiger partial charge in [-0.25, -0.2) is 0 Å². The maximum atomic E-state index is 12.6. The van der Waals surface area contributed by atoms with Crippen molar-refractivity contribution in [3.05, 3.63) is 46.2 Å².